The molecule has 0 atom stereocenters. The number of benzene rings is 1. The van der Waals surface area contributed by atoms with Crippen molar-refractivity contribution in [2.75, 3.05) is 5.32 Å². The van der Waals surface area contributed by atoms with Crippen LogP contribution in [0.15, 0.2) is 34.8 Å². The molecule has 0 aliphatic heterocycles. The van der Waals surface area contributed by atoms with Crippen molar-refractivity contribution in [2.24, 2.45) is 0 Å². The first kappa shape index (κ1) is 13.3. The lowest BCUT2D eigenvalue weighted by Crippen LogP contribution is -2.10. The lowest BCUT2D eigenvalue weighted by atomic mass is 10.2. The largest absolute Gasteiger partial charge is 0.320 e. The molecule has 1 aromatic heterocycles. The van der Waals surface area contributed by atoms with Crippen LogP contribution < -0.4 is 5.32 Å². The molecule has 0 saturated carbocycles. The molecule has 2 aromatic rings. The van der Waals surface area contributed by atoms with E-state index in [2.05, 4.69) is 35.1 Å². The van der Waals surface area contributed by atoms with Crippen LogP contribution in [0.5, 0.6) is 0 Å². The Morgan fingerprint density at radius 2 is 2.11 bits per heavy atom. The Morgan fingerprint density at radius 1 is 1.39 bits per heavy atom. The van der Waals surface area contributed by atoms with Crippen LogP contribution in [0.4, 0.5) is 5.69 Å². The van der Waals surface area contributed by atoms with E-state index in [1.54, 1.807) is 11.3 Å². The Bertz CT molecular complexity index is 577. The van der Waals surface area contributed by atoms with Gasteiger partial charge in [-0.1, -0.05) is 19.1 Å². The summed E-state index contributed by atoms with van der Waals surface area (Å²) in [4.78, 5) is 14.1. The van der Waals surface area contributed by atoms with Crippen LogP contribution in [0.2, 0.25) is 0 Å². The van der Waals surface area contributed by atoms with Crippen LogP contribution in [0, 0.1) is 6.92 Å². The monoisotopic (exact) mass is 323 g/mol. The summed E-state index contributed by atoms with van der Waals surface area (Å²) in [5.74, 6) is -0.0466. The minimum Gasteiger partial charge on any atom is -0.320 e. The van der Waals surface area contributed by atoms with Crippen molar-refractivity contribution >= 4 is 38.9 Å². The first-order valence-corrected chi connectivity index (χ1v) is 7.38. The summed E-state index contributed by atoms with van der Waals surface area (Å²) in [7, 11) is 0. The molecule has 2 nitrogen and oxygen atoms in total. The Labute approximate surface area is 119 Å². The van der Waals surface area contributed by atoms with Gasteiger partial charge in [0.2, 0.25) is 0 Å². The highest BCUT2D eigenvalue weighted by molar-refractivity contribution is 9.10. The van der Waals surface area contributed by atoms with Crippen molar-refractivity contribution in [1.82, 2.24) is 0 Å². The van der Waals surface area contributed by atoms with Gasteiger partial charge in [0.1, 0.15) is 0 Å². The van der Waals surface area contributed by atoms with E-state index in [-0.39, 0.29) is 5.91 Å². The van der Waals surface area contributed by atoms with Crippen molar-refractivity contribution in [1.29, 1.82) is 0 Å². The third kappa shape index (κ3) is 2.82. The van der Waals surface area contributed by atoms with Crippen LogP contribution >= 0.6 is 27.3 Å². The highest BCUT2D eigenvalue weighted by Gasteiger charge is 2.12. The Balaban J connectivity index is 2.19. The quantitative estimate of drug-likeness (QED) is 0.876. The van der Waals surface area contributed by atoms with Crippen LogP contribution in [-0.2, 0) is 6.42 Å². The summed E-state index contributed by atoms with van der Waals surface area (Å²) in [6.07, 6.45) is 0.963. The summed E-state index contributed by atoms with van der Waals surface area (Å²) in [5.41, 5.74) is 2.05. The Morgan fingerprint density at radius 3 is 2.72 bits per heavy atom. The molecule has 1 amide bonds. The first-order chi connectivity index (χ1) is 8.61. The van der Waals surface area contributed by atoms with Gasteiger partial charge in [0.15, 0.2) is 0 Å². The zero-order chi connectivity index (χ0) is 13.1. The van der Waals surface area contributed by atoms with Crippen molar-refractivity contribution < 1.29 is 4.79 Å². The van der Waals surface area contributed by atoms with Gasteiger partial charge in [0.25, 0.3) is 5.91 Å². The predicted molar refractivity (Wildman–Crippen MR) is 80.5 cm³/mol. The number of thiophene rings is 1. The second-order valence-corrected chi connectivity index (χ2v) is 6.09. The molecule has 94 valence electrons. The minimum absolute atomic E-state index is 0.0466. The SMILES string of the molecule is CCc1cc(C(=O)Nc2ccccc2Br)sc1C. The molecule has 1 heterocycles. The number of hydrogen-bond donors (Lipinski definition) is 1. The molecule has 4 heteroatoms. The standard InChI is InChI=1S/C14H14BrNOS/c1-3-10-8-13(18-9(10)2)14(17)16-12-7-5-4-6-11(12)15/h4-8H,3H2,1-2H3,(H,16,17). The van der Waals surface area contributed by atoms with Gasteiger partial charge < -0.3 is 5.32 Å². The van der Waals surface area contributed by atoms with Crippen LogP contribution in [0.1, 0.15) is 27.0 Å². The molecule has 0 aliphatic carbocycles. The van der Waals surface area contributed by atoms with Gasteiger partial charge in [-0.25, -0.2) is 0 Å². The number of amides is 1. The summed E-state index contributed by atoms with van der Waals surface area (Å²) in [5, 5.41) is 2.92. The summed E-state index contributed by atoms with van der Waals surface area (Å²) >= 11 is 4.96. The van der Waals surface area contributed by atoms with E-state index in [0.29, 0.717) is 0 Å². The molecule has 1 N–H and O–H groups in total. The second-order valence-electron chi connectivity index (χ2n) is 3.98. The van der Waals surface area contributed by atoms with Crippen molar-refractivity contribution in [3.05, 3.63) is 50.1 Å². The van der Waals surface area contributed by atoms with Gasteiger partial charge in [-0.3, -0.25) is 4.79 Å². The van der Waals surface area contributed by atoms with Crippen molar-refractivity contribution in [3.8, 4) is 0 Å². The number of para-hydroxylation sites is 1. The molecule has 0 radical (unpaired) electrons. The van der Waals surface area contributed by atoms with Crippen LogP contribution in [0.25, 0.3) is 0 Å². The van der Waals surface area contributed by atoms with Crippen molar-refractivity contribution in [3.63, 3.8) is 0 Å². The highest BCUT2D eigenvalue weighted by Crippen LogP contribution is 2.25. The third-order valence-electron chi connectivity index (χ3n) is 2.75. The summed E-state index contributed by atoms with van der Waals surface area (Å²) < 4.78 is 0.891. The number of halogens is 1. The fourth-order valence-electron chi connectivity index (χ4n) is 1.73. The topological polar surface area (TPSA) is 29.1 Å². The zero-order valence-corrected chi connectivity index (χ0v) is 12.7. The summed E-state index contributed by atoms with van der Waals surface area (Å²) in [6.45, 7) is 4.16. The molecule has 0 saturated heterocycles. The lowest BCUT2D eigenvalue weighted by Gasteiger charge is -2.05. The van der Waals surface area contributed by atoms with Gasteiger partial charge in [0.05, 0.1) is 10.6 Å². The number of anilines is 1. The molecule has 0 aliphatic rings. The molecular weight excluding hydrogens is 310 g/mol. The number of rotatable bonds is 3. The average Bonchev–Trinajstić information content (AvgIpc) is 2.73. The van der Waals surface area contributed by atoms with E-state index in [4.69, 9.17) is 0 Å². The maximum atomic E-state index is 12.1. The molecule has 2 rings (SSSR count). The molecule has 0 unspecified atom stereocenters. The molecule has 0 bridgehead atoms. The molecular formula is C14H14BrNOS. The minimum atomic E-state index is -0.0466. The fourth-order valence-corrected chi connectivity index (χ4v) is 3.12. The van der Waals surface area contributed by atoms with Gasteiger partial charge in [-0.05, 0) is 53.0 Å². The predicted octanol–water partition coefficient (Wildman–Crippen LogP) is 4.63. The van der Waals surface area contributed by atoms with Gasteiger partial charge in [0, 0.05) is 9.35 Å². The fraction of sp³-hybridized carbons (Fsp3) is 0.214. The normalized spacial score (nSPS) is 10.4. The first-order valence-electron chi connectivity index (χ1n) is 5.77. The van der Waals surface area contributed by atoms with E-state index in [1.807, 2.05) is 30.3 Å². The maximum Gasteiger partial charge on any atom is 0.265 e. The van der Waals surface area contributed by atoms with E-state index in [1.165, 1.54) is 10.4 Å². The molecule has 18 heavy (non-hydrogen) atoms. The molecule has 1 aromatic carbocycles. The van der Waals surface area contributed by atoms with Crippen molar-refractivity contribution in [2.45, 2.75) is 20.3 Å². The maximum absolute atomic E-state index is 12.1. The average molecular weight is 324 g/mol. The smallest absolute Gasteiger partial charge is 0.265 e. The van der Waals surface area contributed by atoms with Crippen LogP contribution in [0.3, 0.4) is 0 Å². The van der Waals surface area contributed by atoms with Gasteiger partial charge >= 0.3 is 0 Å². The summed E-state index contributed by atoms with van der Waals surface area (Å²) in [6, 6.07) is 9.59. The number of carbonyl (C=O) groups excluding carboxylic acids is 1. The lowest BCUT2D eigenvalue weighted by molar-refractivity contribution is 0.103. The number of aryl methyl sites for hydroxylation is 2. The van der Waals surface area contributed by atoms with E-state index < -0.39 is 0 Å². The molecule has 0 fully saturated rings. The number of nitrogens with one attached hydrogen (secondary N) is 1. The zero-order valence-electron chi connectivity index (χ0n) is 10.3. The number of carbonyl (C=O) groups is 1. The number of hydrogen-bond acceptors (Lipinski definition) is 2. The second kappa shape index (κ2) is 5.67. The van der Waals surface area contributed by atoms with Crippen LogP contribution in [-0.4, -0.2) is 5.91 Å². The van der Waals surface area contributed by atoms with E-state index in [9.17, 15) is 4.79 Å². The molecule has 0 spiro atoms. The highest BCUT2D eigenvalue weighted by atomic mass is 79.9. The Kier molecular flexibility index (Phi) is 4.19. The van der Waals surface area contributed by atoms with Gasteiger partial charge in [-0.15, -0.1) is 11.3 Å². The third-order valence-corrected chi connectivity index (χ3v) is 4.53. The Hall–Kier alpha value is -1.13. The van der Waals surface area contributed by atoms with E-state index >= 15 is 0 Å². The van der Waals surface area contributed by atoms with Gasteiger partial charge in [-0.2, -0.15) is 0 Å². The van der Waals surface area contributed by atoms with E-state index in [0.717, 1.165) is 21.5 Å².